The standard InChI is InChI=1S/C27H24N2O2/c1-5-23-25(28-3)24(26(29(23)4)27(30)31-6-2)20-14-11-19(12-15-20)22-16-13-18-9-7-8-10-21(18)17-22/h7-17H,5-6H2,1-2,4H3. The Labute approximate surface area is 182 Å². The number of carbonyl (C=O) groups excluding carboxylic acids is 1. The molecule has 0 spiro atoms. The number of rotatable bonds is 5. The van der Waals surface area contributed by atoms with E-state index in [0.717, 1.165) is 22.4 Å². The number of carbonyl (C=O) groups is 1. The normalized spacial score (nSPS) is 10.8. The summed E-state index contributed by atoms with van der Waals surface area (Å²) in [4.78, 5) is 16.5. The first kappa shape index (κ1) is 20.4. The number of esters is 1. The average molecular weight is 409 g/mol. The highest BCUT2D eigenvalue weighted by Gasteiger charge is 2.26. The Bertz CT molecular complexity index is 1310. The number of hydrogen-bond donors (Lipinski definition) is 0. The van der Waals surface area contributed by atoms with Gasteiger partial charge < -0.3 is 9.30 Å². The highest BCUT2D eigenvalue weighted by molar-refractivity contribution is 6.02. The van der Waals surface area contributed by atoms with Crippen molar-refractivity contribution in [3.8, 4) is 22.3 Å². The minimum absolute atomic E-state index is 0.291. The van der Waals surface area contributed by atoms with E-state index < -0.39 is 5.97 Å². The topological polar surface area (TPSA) is 35.6 Å². The fourth-order valence-electron chi connectivity index (χ4n) is 4.15. The SMILES string of the molecule is [C-]#[N+]c1c(-c2ccc(-c3ccc4ccccc4c3)cc2)c(C(=O)OCC)n(C)c1CC. The first-order chi connectivity index (χ1) is 15.1. The predicted octanol–water partition coefficient (Wildman–Crippen LogP) is 6.80. The monoisotopic (exact) mass is 408 g/mol. The number of benzene rings is 3. The van der Waals surface area contributed by atoms with Crippen molar-refractivity contribution >= 4 is 22.4 Å². The molecule has 4 aromatic rings. The van der Waals surface area contributed by atoms with Gasteiger partial charge in [0.1, 0.15) is 5.69 Å². The second-order valence-corrected chi connectivity index (χ2v) is 7.40. The molecule has 4 heteroatoms. The summed E-state index contributed by atoms with van der Waals surface area (Å²) in [6.45, 7) is 11.8. The van der Waals surface area contributed by atoms with Crippen LogP contribution in [0.2, 0.25) is 0 Å². The largest absolute Gasteiger partial charge is 0.461 e. The van der Waals surface area contributed by atoms with Gasteiger partial charge in [0, 0.05) is 18.3 Å². The third-order valence-electron chi connectivity index (χ3n) is 5.66. The minimum Gasteiger partial charge on any atom is -0.461 e. The lowest BCUT2D eigenvalue weighted by molar-refractivity contribution is 0.0516. The zero-order valence-corrected chi connectivity index (χ0v) is 18.0. The van der Waals surface area contributed by atoms with E-state index in [9.17, 15) is 4.79 Å². The lowest BCUT2D eigenvalue weighted by Gasteiger charge is -2.10. The molecule has 31 heavy (non-hydrogen) atoms. The fraction of sp³-hybridized carbons (Fsp3) is 0.185. The molecule has 0 saturated carbocycles. The van der Waals surface area contributed by atoms with Gasteiger partial charge in [-0.2, -0.15) is 0 Å². The van der Waals surface area contributed by atoms with Gasteiger partial charge in [-0.15, -0.1) is 0 Å². The van der Waals surface area contributed by atoms with Crippen molar-refractivity contribution < 1.29 is 9.53 Å². The summed E-state index contributed by atoms with van der Waals surface area (Å²) >= 11 is 0. The Hall–Kier alpha value is -3.84. The Kier molecular flexibility index (Phi) is 5.60. The van der Waals surface area contributed by atoms with Crippen LogP contribution < -0.4 is 0 Å². The molecule has 4 rings (SSSR count). The molecule has 0 radical (unpaired) electrons. The fourth-order valence-corrected chi connectivity index (χ4v) is 4.15. The van der Waals surface area contributed by atoms with Crippen LogP contribution in [0.1, 0.15) is 30.0 Å². The quantitative estimate of drug-likeness (QED) is 0.269. The maximum absolute atomic E-state index is 12.7. The van der Waals surface area contributed by atoms with Crippen molar-refractivity contribution in [2.24, 2.45) is 7.05 Å². The summed E-state index contributed by atoms with van der Waals surface area (Å²) in [6.07, 6.45) is 0.662. The van der Waals surface area contributed by atoms with Gasteiger partial charge in [0.25, 0.3) is 0 Å². The van der Waals surface area contributed by atoms with Crippen molar-refractivity contribution in [3.05, 3.63) is 89.5 Å². The molecule has 0 unspecified atom stereocenters. The molecule has 0 aliphatic rings. The van der Waals surface area contributed by atoms with E-state index in [2.05, 4.69) is 35.2 Å². The molecule has 4 nitrogen and oxygen atoms in total. The van der Waals surface area contributed by atoms with Crippen LogP contribution in [0, 0.1) is 6.57 Å². The summed E-state index contributed by atoms with van der Waals surface area (Å²) in [6, 6.07) is 22.8. The van der Waals surface area contributed by atoms with Crippen molar-refractivity contribution in [1.82, 2.24) is 4.57 Å². The molecule has 0 atom stereocenters. The van der Waals surface area contributed by atoms with Crippen LogP contribution >= 0.6 is 0 Å². The molecular formula is C27H24N2O2. The summed E-state index contributed by atoms with van der Waals surface area (Å²) < 4.78 is 7.10. The van der Waals surface area contributed by atoms with Gasteiger partial charge in [0.05, 0.1) is 13.2 Å². The summed E-state index contributed by atoms with van der Waals surface area (Å²) in [7, 11) is 1.83. The van der Waals surface area contributed by atoms with E-state index in [1.807, 2.05) is 50.4 Å². The number of aromatic nitrogens is 1. The zero-order valence-electron chi connectivity index (χ0n) is 18.0. The highest BCUT2D eigenvalue weighted by atomic mass is 16.5. The summed E-state index contributed by atoms with van der Waals surface area (Å²) in [5.74, 6) is -0.400. The van der Waals surface area contributed by atoms with Gasteiger partial charge in [-0.05, 0) is 46.9 Å². The maximum Gasteiger partial charge on any atom is 0.354 e. The molecule has 0 saturated heterocycles. The van der Waals surface area contributed by atoms with Gasteiger partial charge in [-0.3, -0.25) is 0 Å². The third kappa shape index (κ3) is 3.60. The maximum atomic E-state index is 12.7. The number of nitrogens with zero attached hydrogens (tertiary/aromatic N) is 2. The van der Waals surface area contributed by atoms with Crippen molar-refractivity contribution in [2.45, 2.75) is 20.3 Å². The van der Waals surface area contributed by atoms with Gasteiger partial charge in [0.2, 0.25) is 5.69 Å². The molecule has 0 bridgehead atoms. The van der Waals surface area contributed by atoms with Gasteiger partial charge in [-0.1, -0.05) is 67.6 Å². The highest BCUT2D eigenvalue weighted by Crippen LogP contribution is 2.40. The number of ether oxygens (including phenoxy) is 1. The molecule has 0 N–H and O–H groups in total. The second-order valence-electron chi connectivity index (χ2n) is 7.40. The van der Waals surface area contributed by atoms with E-state index in [4.69, 9.17) is 11.3 Å². The minimum atomic E-state index is -0.400. The zero-order chi connectivity index (χ0) is 22.0. The van der Waals surface area contributed by atoms with Crippen LogP contribution in [0.15, 0.2) is 66.7 Å². The molecular weight excluding hydrogens is 384 g/mol. The van der Waals surface area contributed by atoms with E-state index in [1.165, 1.54) is 10.8 Å². The lowest BCUT2D eigenvalue weighted by atomic mass is 9.97. The Morgan fingerprint density at radius 1 is 0.935 bits per heavy atom. The summed E-state index contributed by atoms with van der Waals surface area (Å²) in [5.41, 5.74) is 5.50. The first-order valence-electron chi connectivity index (χ1n) is 10.4. The van der Waals surface area contributed by atoms with Gasteiger partial charge >= 0.3 is 5.97 Å². The van der Waals surface area contributed by atoms with E-state index in [0.29, 0.717) is 30.0 Å². The van der Waals surface area contributed by atoms with Crippen LogP contribution in [0.4, 0.5) is 5.69 Å². The van der Waals surface area contributed by atoms with Crippen molar-refractivity contribution in [2.75, 3.05) is 6.61 Å². The smallest absolute Gasteiger partial charge is 0.354 e. The average Bonchev–Trinajstić information content (AvgIpc) is 3.10. The van der Waals surface area contributed by atoms with Crippen LogP contribution in [0.5, 0.6) is 0 Å². The molecule has 0 aliphatic heterocycles. The Morgan fingerprint density at radius 2 is 1.58 bits per heavy atom. The second kappa shape index (κ2) is 8.49. The summed E-state index contributed by atoms with van der Waals surface area (Å²) in [5, 5.41) is 2.40. The Morgan fingerprint density at radius 3 is 2.23 bits per heavy atom. The van der Waals surface area contributed by atoms with E-state index >= 15 is 0 Å². The molecule has 0 aliphatic carbocycles. The van der Waals surface area contributed by atoms with Crippen LogP contribution in [-0.4, -0.2) is 17.1 Å². The van der Waals surface area contributed by atoms with E-state index in [1.54, 1.807) is 11.5 Å². The molecule has 1 heterocycles. The third-order valence-corrected chi connectivity index (χ3v) is 5.66. The van der Waals surface area contributed by atoms with Crippen LogP contribution in [0.3, 0.4) is 0 Å². The van der Waals surface area contributed by atoms with Crippen LogP contribution in [-0.2, 0) is 18.2 Å². The van der Waals surface area contributed by atoms with E-state index in [-0.39, 0.29) is 0 Å². The Balaban J connectivity index is 1.81. The number of hydrogen-bond acceptors (Lipinski definition) is 2. The molecule has 3 aromatic carbocycles. The first-order valence-corrected chi connectivity index (χ1v) is 10.4. The molecule has 1 aromatic heterocycles. The van der Waals surface area contributed by atoms with Gasteiger partial charge in [-0.25, -0.2) is 9.64 Å². The number of fused-ring (bicyclic) bond motifs is 1. The molecule has 0 fully saturated rings. The van der Waals surface area contributed by atoms with Crippen molar-refractivity contribution in [3.63, 3.8) is 0 Å². The van der Waals surface area contributed by atoms with Gasteiger partial charge in [0.15, 0.2) is 0 Å². The van der Waals surface area contributed by atoms with Crippen molar-refractivity contribution in [1.29, 1.82) is 0 Å². The predicted molar refractivity (Wildman–Crippen MR) is 125 cm³/mol. The molecule has 0 amide bonds. The lowest BCUT2D eigenvalue weighted by Crippen LogP contribution is -2.12. The van der Waals surface area contributed by atoms with Crippen LogP contribution in [0.25, 0.3) is 37.9 Å². The molecule has 154 valence electrons.